The van der Waals surface area contributed by atoms with Gasteiger partial charge in [-0.05, 0) is 52.1 Å². The molecule has 1 aliphatic rings. The highest BCUT2D eigenvalue weighted by Gasteiger charge is 2.22. The maximum atomic E-state index is 14.3. The normalized spacial score (nSPS) is 14.4. The van der Waals surface area contributed by atoms with Crippen LogP contribution < -0.4 is 15.0 Å². The first kappa shape index (κ1) is 24.7. The van der Waals surface area contributed by atoms with E-state index in [1.54, 1.807) is 13.0 Å². The third-order valence-corrected chi connectivity index (χ3v) is 5.78. The molecule has 1 saturated heterocycles. The largest absolute Gasteiger partial charge is 0.489 e. The SMILES string of the molecule is CCOC(=O)c1cc2cc(N3CCN(C)CC3)c(OC(C)C)cc2nc1Nc1ccc(F)cc1F. The van der Waals surface area contributed by atoms with Crippen LogP contribution in [-0.2, 0) is 4.74 Å². The molecule has 0 amide bonds. The van der Waals surface area contributed by atoms with Crippen LogP contribution in [0.25, 0.3) is 10.9 Å². The molecular weight excluding hydrogens is 454 g/mol. The summed E-state index contributed by atoms with van der Waals surface area (Å²) < 4.78 is 39.1. The summed E-state index contributed by atoms with van der Waals surface area (Å²) in [5, 5.41) is 3.56. The van der Waals surface area contributed by atoms with Crippen LogP contribution in [0.4, 0.5) is 26.0 Å². The topological polar surface area (TPSA) is 66.9 Å². The lowest BCUT2D eigenvalue weighted by molar-refractivity contribution is 0.0527. The highest BCUT2D eigenvalue weighted by molar-refractivity contribution is 6.01. The Kier molecular flexibility index (Phi) is 7.35. The van der Waals surface area contributed by atoms with Crippen LogP contribution in [0, 0.1) is 11.6 Å². The van der Waals surface area contributed by atoms with Crippen molar-refractivity contribution >= 4 is 34.1 Å². The van der Waals surface area contributed by atoms with Crippen molar-refractivity contribution in [1.82, 2.24) is 9.88 Å². The van der Waals surface area contributed by atoms with Crippen molar-refractivity contribution < 1.29 is 23.0 Å². The number of nitrogens with zero attached hydrogens (tertiary/aromatic N) is 3. The van der Waals surface area contributed by atoms with Crippen LogP contribution in [-0.4, -0.2) is 61.8 Å². The number of fused-ring (bicyclic) bond motifs is 1. The first-order valence-electron chi connectivity index (χ1n) is 11.7. The molecule has 0 radical (unpaired) electrons. The fraction of sp³-hybridized carbons (Fsp3) is 0.385. The van der Waals surface area contributed by atoms with Crippen LogP contribution in [0.1, 0.15) is 31.1 Å². The van der Waals surface area contributed by atoms with E-state index in [-0.39, 0.29) is 29.8 Å². The van der Waals surface area contributed by atoms with Gasteiger partial charge in [0.1, 0.15) is 28.8 Å². The van der Waals surface area contributed by atoms with Gasteiger partial charge in [0.2, 0.25) is 0 Å². The molecule has 2 heterocycles. The van der Waals surface area contributed by atoms with Crippen molar-refractivity contribution in [2.75, 3.05) is 50.1 Å². The van der Waals surface area contributed by atoms with E-state index in [9.17, 15) is 13.6 Å². The third kappa shape index (κ3) is 5.62. The fourth-order valence-electron chi connectivity index (χ4n) is 4.01. The Balaban J connectivity index is 1.83. The second kappa shape index (κ2) is 10.4. The van der Waals surface area contributed by atoms with Gasteiger partial charge in [0.25, 0.3) is 0 Å². The average molecular weight is 485 g/mol. The van der Waals surface area contributed by atoms with E-state index in [0.29, 0.717) is 11.3 Å². The lowest BCUT2D eigenvalue weighted by atomic mass is 10.1. The molecule has 35 heavy (non-hydrogen) atoms. The summed E-state index contributed by atoms with van der Waals surface area (Å²) in [5.74, 6) is -1.28. The molecule has 0 spiro atoms. The number of hydrogen-bond donors (Lipinski definition) is 1. The van der Waals surface area contributed by atoms with Crippen LogP contribution >= 0.6 is 0 Å². The molecule has 0 bridgehead atoms. The number of hydrogen-bond acceptors (Lipinski definition) is 7. The molecule has 186 valence electrons. The molecule has 1 N–H and O–H groups in total. The number of nitrogens with one attached hydrogen (secondary N) is 1. The number of aromatic nitrogens is 1. The maximum Gasteiger partial charge on any atom is 0.341 e. The summed E-state index contributed by atoms with van der Waals surface area (Å²) in [6.45, 7) is 9.35. The molecule has 0 atom stereocenters. The second-order valence-corrected chi connectivity index (χ2v) is 8.82. The van der Waals surface area contributed by atoms with E-state index in [1.165, 1.54) is 6.07 Å². The minimum absolute atomic E-state index is 0.00323. The third-order valence-electron chi connectivity index (χ3n) is 5.78. The monoisotopic (exact) mass is 484 g/mol. The molecular formula is C26H30F2N4O3. The lowest BCUT2D eigenvalue weighted by Crippen LogP contribution is -2.44. The molecule has 1 aromatic heterocycles. The first-order chi connectivity index (χ1) is 16.7. The van der Waals surface area contributed by atoms with Gasteiger partial charge in [-0.2, -0.15) is 0 Å². The minimum Gasteiger partial charge on any atom is -0.489 e. The number of halogens is 2. The Morgan fingerprint density at radius 3 is 2.51 bits per heavy atom. The van der Waals surface area contributed by atoms with E-state index in [0.717, 1.165) is 49.4 Å². The van der Waals surface area contributed by atoms with Crippen molar-refractivity contribution in [2.24, 2.45) is 0 Å². The van der Waals surface area contributed by atoms with Gasteiger partial charge < -0.3 is 24.6 Å². The molecule has 0 aliphatic carbocycles. The fourth-order valence-corrected chi connectivity index (χ4v) is 4.01. The number of ether oxygens (including phenoxy) is 2. The number of likely N-dealkylation sites (N-methyl/N-ethyl adjacent to an activating group) is 1. The minimum atomic E-state index is -0.795. The van der Waals surface area contributed by atoms with Crippen LogP contribution in [0.15, 0.2) is 36.4 Å². The van der Waals surface area contributed by atoms with Gasteiger partial charge in [0.15, 0.2) is 0 Å². The molecule has 0 unspecified atom stereocenters. The van der Waals surface area contributed by atoms with E-state index >= 15 is 0 Å². The summed E-state index contributed by atoms with van der Waals surface area (Å²) in [4.78, 5) is 21.9. The summed E-state index contributed by atoms with van der Waals surface area (Å²) in [6, 6.07) is 8.65. The van der Waals surface area contributed by atoms with Crippen LogP contribution in [0.3, 0.4) is 0 Å². The van der Waals surface area contributed by atoms with Gasteiger partial charge >= 0.3 is 5.97 Å². The van der Waals surface area contributed by atoms with E-state index < -0.39 is 17.6 Å². The number of rotatable bonds is 7. The van der Waals surface area contributed by atoms with Gasteiger partial charge in [-0.3, -0.25) is 0 Å². The van der Waals surface area contributed by atoms with Gasteiger partial charge in [-0.1, -0.05) is 0 Å². The standard InChI is InChI=1S/C26H30F2N4O3/c1-5-34-26(33)19-12-17-13-23(32-10-8-31(4)9-11-32)24(35-16(2)3)15-22(17)30-25(19)29-21-7-6-18(27)14-20(21)28/h6-7,12-16H,5,8-11H2,1-4H3,(H,29,30). The molecule has 2 aromatic carbocycles. The quantitative estimate of drug-likeness (QED) is 0.475. The molecule has 9 heteroatoms. The zero-order valence-corrected chi connectivity index (χ0v) is 20.4. The summed E-state index contributed by atoms with van der Waals surface area (Å²) in [5.41, 5.74) is 1.65. The summed E-state index contributed by atoms with van der Waals surface area (Å²) in [6.07, 6.45) is -0.0524. The highest BCUT2D eigenvalue weighted by Crippen LogP contribution is 2.36. The number of piperazine rings is 1. The number of esters is 1. The number of carbonyl (C=O) groups excluding carboxylic acids is 1. The Hall–Kier alpha value is -3.46. The van der Waals surface area contributed by atoms with Crippen LogP contribution in [0.2, 0.25) is 0 Å². The molecule has 7 nitrogen and oxygen atoms in total. The predicted molar refractivity (Wildman–Crippen MR) is 133 cm³/mol. The zero-order valence-electron chi connectivity index (χ0n) is 20.4. The average Bonchev–Trinajstić information content (AvgIpc) is 2.80. The second-order valence-electron chi connectivity index (χ2n) is 8.82. The van der Waals surface area contributed by atoms with Crippen molar-refractivity contribution in [3.05, 3.63) is 53.6 Å². The van der Waals surface area contributed by atoms with Gasteiger partial charge in [0.05, 0.1) is 29.6 Å². The Morgan fingerprint density at radius 1 is 1.11 bits per heavy atom. The lowest BCUT2D eigenvalue weighted by Gasteiger charge is -2.35. The van der Waals surface area contributed by atoms with Crippen molar-refractivity contribution in [1.29, 1.82) is 0 Å². The molecule has 0 saturated carbocycles. The molecule has 1 aliphatic heterocycles. The summed E-state index contributed by atoms with van der Waals surface area (Å²) >= 11 is 0. The first-order valence-corrected chi connectivity index (χ1v) is 11.7. The van der Waals surface area contributed by atoms with Crippen molar-refractivity contribution in [2.45, 2.75) is 26.9 Å². The Bertz CT molecular complexity index is 1230. The highest BCUT2D eigenvalue weighted by atomic mass is 19.1. The molecule has 4 rings (SSSR count). The van der Waals surface area contributed by atoms with E-state index in [1.807, 2.05) is 26.0 Å². The van der Waals surface area contributed by atoms with Gasteiger partial charge in [-0.15, -0.1) is 0 Å². The number of anilines is 3. The number of benzene rings is 2. The Labute approximate surface area is 203 Å². The predicted octanol–water partition coefficient (Wildman–Crippen LogP) is 4.97. The Morgan fingerprint density at radius 2 is 1.86 bits per heavy atom. The van der Waals surface area contributed by atoms with Gasteiger partial charge in [0, 0.05) is 43.7 Å². The number of pyridine rings is 1. The van der Waals surface area contributed by atoms with Gasteiger partial charge in [-0.25, -0.2) is 18.6 Å². The van der Waals surface area contributed by atoms with E-state index in [2.05, 4.69) is 27.1 Å². The van der Waals surface area contributed by atoms with Crippen molar-refractivity contribution in [3.63, 3.8) is 0 Å². The molecule has 3 aromatic rings. The molecule has 1 fully saturated rings. The zero-order chi connectivity index (χ0) is 25.1. The van der Waals surface area contributed by atoms with E-state index in [4.69, 9.17) is 9.47 Å². The smallest absolute Gasteiger partial charge is 0.341 e. The maximum absolute atomic E-state index is 14.3. The van der Waals surface area contributed by atoms with Crippen LogP contribution in [0.5, 0.6) is 5.75 Å². The van der Waals surface area contributed by atoms with Crippen molar-refractivity contribution in [3.8, 4) is 5.75 Å². The summed E-state index contributed by atoms with van der Waals surface area (Å²) in [7, 11) is 2.09. The number of carbonyl (C=O) groups is 1.